The third kappa shape index (κ3) is 4.42. The standard InChI is InChI=1S/C10H13Cl2N3O4S/c1-20(16,17)19-5-7-2-3-18-6-15(7)9-4-8(11)13-10(12)14-9/h4,7H,2-3,5-6H2,1H3/t7-/m0/s1. The van der Waals surface area contributed by atoms with Crippen LogP contribution in [0.4, 0.5) is 5.82 Å². The molecule has 1 aromatic rings. The Balaban J connectivity index is 2.17. The Morgan fingerprint density at radius 1 is 1.50 bits per heavy atom. The number of nitrogens with zero attached hydrogens (tertiary/aromatic N) is 3. The van der Waals surface area contributed by atoms with Crippen LogP contribution in [0.5, 0.6) is 0 Å². The molecule has 1 aliphatic rings. The largest absolute Gasteiger partial charge is 0.361 e. The molecule has 0 unspecified atom stereocenters. The van der Waals surface area contributed by atoms with Crippen LogP contribution in [-0.2, 0) is 19.0 Å². The van der Waals surface area contributed by atoms with E-state index >= 15 is 0 Å². The second-order valence-corrected chi connectivity index (χ2v) is 6.63. The van der Waals surface area contributed by atoms with Crippen LogP contribution in [0.2, 0.25) is 10.4 Å². The summed E-state index contributed by atoms with van der Waals surface area (Å²) in [6, 6.07) is 1.34. The van der Waals surface area contributed by atoms with Crippen molar-refractivity contribution in [2.24, 2.45) is 0 Å². The molecule has 2 heterocycles. The zero-order valence-electron chi connectivity index (χ0n) is 10.6. The lowest BCUT2D eigenvalue weighted by molar-refractivity contribution is 0.0751. The van der Waals surface area contributed by atoms with Gasteiger partial charge in [-0.25, -0.2) is 9.97 Å². The Labute approximate surface area is 126 Å². The van der Waals surface area contributed by atoms with Gasteiger partial charge in [0.05, 0.1) is 25.5 Å². The summed E-state index contributed by atoms with van der Waals surface area (Å²) in [5, 5.41) is 0.217. The molecular weight excluding hydrogens is 329 g/mol. The second-order valence-electron chi connectivity index (χ2n) is 4.26. The molecule has 0 N–H and O–H groups in total. The predicted octanol–water partition coefficient (Wildman–Crippen LogP) is 1.31. The fourth-order valence-electron chi connectivity index (χ4n) is 1.80. The minimum absolute atomic E-state index is 0.0147. The Kier molecular flexibility index (Phi) is 5.03. The minimum atomic E-state index is -3.50. The summed E-state index contributed by atoms with van der Waals surface area (Å²) >= 11 is 11.6. The van der Waals surface area contributed by atoms with Gasteiger partial charge >= 0.3 is 0 Å². The number of hydrogen-bond donors (Lipinski definition) is 0. The molecule has 0 bridgehead atoms. The number of halogens is 2. The molecule has 7 nitrogen and oxygen atoms in total. The fraction of sp³-hybridized carbons (Fsp3) is 0.600. The normalized spacial score (nSPS) is 20.1. The first-order valence-corrected chi connectivity index (χ1v) is 8.31. The highest BCUT2D eigenvalue weighted by Gasteiger charge is 2.26. The van der Waals surface area contributed by atoms with Crippen molar-refractivity contribution >= 4 is 39.1 Å². The summed E-state index contributed by atoms with van der Waals surface area (Å²) in [6.45, 7) is 0.781. The summed E-state index contributed by atoms with van der Waals surface area (Å²) in [7, 11) is -3.50. The fourth-order valence-corrected chi connectivity index (χ4v) is 2.60. The average Bonchev–Trinajstić information content (AvgIpc) is 2.34. The summed E-state index contributed by atoms with van der Waals surface area (Å²) < 4.78 is 32.4. The van der Waals surface area contributed by atoms with Gasteiger partial charge in [0.1, 0.15) is 17.7 Å². The van der Waals surface area contributed by atoms with E-state index in [1.54, 1.807) is 4.90 Å². The molecule has 0 aliphatic carbocycles. The van der Waals surface area contributed by atoms with Gasteiger partial charge in [-0.1, -0.05) is 11.6 Å². The molecule has 0 spiro atoms. The van der Waals surface area contributed by atoms with Gasteiger partial charge in [-0.05, 0) is 18.0 Å². The summed E-state index contributed by atoms with van der Waals surface area (Å²) in [4.78, 5) is 9.57. The third-order valence-corrected chi connectivity index (χ3v) is 3.62. The first kappa shape index (κ1) is 15.7. The molecular formula is C10H13Cl2N3O4S. The Hall–Kier alpha value is -0.670. The monoisotopic (exact) mass is 341 g/mol. The number of hydrogen-bond acceptors (Lipinski definition) is 7. The van der Waals surface area contributed by atoms with Crippen molar-refractivity contribution in [2.75, 3.05) is 31.1 Å². The molecule has 0 radical (unpaired) electrons. The Morgan fingerprint density at radius 2 is 2.25 bits per heavy atom. The molecule has 10 heteroatoms. The summed E-state index contributed by atoms with van der Waals surface area (Å²) in [6.07, 6.45) is 1.61. The molecule has 2 rings (SSSR count). The second kappa shape index (κ2) is 6.40. The van der Waals surface area contributed by atoms with Gasteiger partial charge in [-0.15, -0.1) is 0 Å². The average molecular weight is 342 g/mol. The zero-order valence-corrected chi connectivity index (χ0v) is 13.0. The molecule has 0 aromatic carbocycles. The molecule has 0 amide bonds. The van der Waals surface area contributed by atoms with Crippen LogP contribution in [0.15, 0.2) is 6.07 Å². The van der Waals surface area contributed by atoms with Crippen LogP contribution in [-0.4, -0.2) is 50.6 Å². The minimum Gasteiger partial charge on any atom is -0.361 e. The molecule has 1 fully saturated rings. The van der Waals surface area contributed by atoms with E-state index in [1.807, 2.05) is 0 Å². The number of ether oxygens (including phenoxy) is 1. The maximum absolute atomic E-state index is 11.1. The molecule has 20 heavy (non-hydrogen) atoms. The van der Waals surface area contributed by atoms with Gasteiger partial charge in [-0.3, -0.25) is 4.18 Å². The van der Waals surface area contributed by atoms with Crippen molar-refractivity contribution in [3.63, 3.8) is 0 Å². The lowest BCUT2D eigenvalue weighted by Crippen LogP contribution is -2.45. The van der Waals surface area contributed by atoms with Crippen LogP contribution in [0.1, 0.15) is 6.42 Å². The van der Waals surface area contributed by atoms with Crippen LogP contribution >= 0.6 is 23.2 Å². The van der Waals surface area contributed by atoms with E-state index in [-0.39, 0.29) is 29.8 Å². The number of aromatic nitrogens is 2. The van der Waals surface area contributed by atoms with Gasteiger partial charge < -0.3 is 9.64 Å². The molecule has 1 atom stereocenters. The quantitative estimate of drug-likeness (QED) is 0.464. The van der Waals surface area contributed by atoms with E-state index in [0.717, 1.165) is 6.26 Å². The van der Waals surface area contributed by atoms with Crippen molar-refractivity contribution in [1.82, 2.24) is 9.97 Å². The highest BCUT2D eigenvalue weighted by molar-refractivity contribution is 7.85. The highest BCUT2D eigenvalue weighted by Crippen LogP contribution is 2.24. The van der Waals surface area contributed by atoms with Crippen molar-refractivity contribution in [1.29, 1.82) is 0 Å². The van der Waals surface area contributed by atoms with Gasteiger partial charge in [0, 0.05) is 6.07 Å². The van der Waals surface area contributed by atoms with Crippen molar-refractivity contribution in [3.8, 4) is 0 Å². The van der Waals surface area contributed by atoms with Gasteiger partial charge in [0.2, 0.25) is 5.28 Å². The molecule has 1 aliphatic heterocycles. The first-order chi connectivity index (χ1) is 9.35. The maximum atomic E-state index is 11.1. The van der Waals surface area contributed by atoms with Gasteiger partial charge in [0.25, 0.3) is 10.1 Å². The lowest BCUT2D eigenvalue weighted by Gasteiger charge is -2.35. The number of rotatable bonds is 4. The van der Waals surface area contributed by atoms with Crippen LogP contribution < -0.4 is 4.90 Å². The first-order valence-electron chi connectivity index (χ1n) is 5.74. The van der Waals surface area contributed by atoms with Gasteiger partial charge in [-0.2, -0.15) is 8.42 Å². The maximum Gasteiger partial charge on any atom is 0.264 e. The van der Waals surface area contributed by atoms with E-state index in [2.05, 4.69) is 9.97 Å². The summed E-state index contributed by atoms with van der Waals surface area (Å²) in [5.41, 5.74) is 0. The molecule has 112 valence electrons. The third-order valence-electron chi connectivity index (χ3n) is 2.69. The zero-order chi connectivity index (χ0) is 14.8. The van der Waals surface area contributed by atoms with Crippen LogP contribution in [0.25, 0.3) is 0 Å². The predicted molar refractivity (Wildman–Crippen MR) is 74.6 cm³/mol. The topological polar surface area (TPSA) is 81.6 Å². The Morgan fingerprint density at radius 3 is 2.90 bits per heavy atom. The van der Waals surface area contributed by atoms with E-state index in [1.165, 1.54) is 6.07 Å². The Bertz CT molecular complexity index is 564. The van der Waals surface area contributed by atoms with Crippen LogP contribution in [0, 0.1) is 0 Å². The smallest absolute Gasteiger partial charge is 0.264 e. The number of anilines is 1. The SMILES string of the molecule is CS(=O)(=O)OC[C@@H]1CCOCN1c1cc(Cl)nc(Cl)n1. The van der Waals surface area contributed by atoms with E-state index in [0.29, 0.717) is 18.8 Å². The molecule has 0 saturated carbocycles. The van der Waals surface area contributed by atoms with Crippen LogP contribution in [0.3, 0.4) is 0 Å². The van der Waals surface area contributed by atoms with E-state index < -0.39 is 10.1 Å². The van der Waals surface area contributed by atoms with Crippen molar-refractivity contribution in [2.45, 2.75) is 12.5 Å². The van der Waals surface area contributed by atoms with E-state index in [4.69, 9.17) is 32.1 Å². The highest BCUT2D eigenvalue weighted by atomic mass is 35.5. The molecule has 1 saturated heterocycles. The summed E-state index contributed by atoms with van der Waals surface area (Å²) in [5.74, 6) is 0.469. The van der Waals surface area contributed by atoms with Crippen molar-refractivity contribution in [3.05, 3.63) is 16.5 Å². The molecule has 1 aromatic heterocycles. The van der Waals surface area contributed by atoms with E-state index in [9.17, 15) is 8.42 Å². The van der Waals surface area contributed by atoms with Crippen molar-refractivity contribution < 1.29 is 17.3 Å². The lowest BCUT2D eigenvalue weighted by atomic mass is 10.2. The van der Waals surface area contributed by atoms with Gasteiger partial charge in [0.15, 0.2) is 0 Å².